The topological polar surface area (TPSA) is 93.3 Å². The quantitative estimate of drug-likeness (QED) is 0.364. The number of benzene rings is 1. The molecule has 1 fully saturated rings. The fraction of sp³-hybridized carbons (Fsp3) is 0.208. The molecule has 7 nitrogen and oxygen atoms in total. The number of esters is 1. The minimum atomic E-state index is -0.684. The highest BCUT2D eigenvalue weighted by atomic mass is 16.5. The molecule has 0 amide bonds. The van der Waals surface area contributed by atoms with Crippen LogP contribution in [0.15, 0.2) is 72.1 Å². The molecule has 1 aliphatic heterocycles. The average molecular weight is 415 g/mol. The first-order valence-corrected chi connectivity index (χ1v) is 10.2. The largest absolute Gasteiger partial charge is 0.462 e. The normalized spacial score (nSPS) is 21.5. The number of rotatable bonds is 6. The molecule has 1 aliphatic carbocycles. The van der Waals surface area contributed by atoms with Crippen molar-refractivity contribution in [3.63, 3.8) is 0 Å². The average Bonchev–Trinajstić information content (AvgIpc) is 3.33. The van der Waals surface area contributed by atoms with Crippen molar-refractivity contribution in [3.05, 3.63) is 83.2 Å². The van der Waals surface area contributed by atoms with Gasteiger partial charge in [-0.3, -0.25) is 4.79 Å². The third kappa shape index (κ3) is 3.59. The van der Waals surface area contributed by atoms with Crippen LogP contribution >= 0.6 is 0 Å². The Morgan fingerprint density at radius 1 is 1.29 bits per heavy atom. The van der Waals surface area contributed by atoms with Gasteiger partial charge in [0.15, 0.2) is 11.3 Å². The van der Waals surface area contributed by atoms with Gasteiger partial charge >= 0.3 is 5.97 Å². The Morgan fingerprint density at radius 3 is 2.94 bits per heavy atom. The number of carbonyl (C=O) groups is 2. The summed E-state index contributed by atoms with van der Waals surface area (Å²) >= 11 is 0. The summed E-state index contributed by atoms with van der Waals surface area (Å²) in [6, 6.07) is 13.9. The van der Waals surface area contributed by atoms with Gasteiger partial charge in [0.1, 0.15) is 5.65 Å². The second kappa shape index (κ2) is 7.75. The number of aromatic amines is 1. The Labute approximate surface area is 178 Å². The molecule has 0 unspecified atom stereocenters. The first-order valence-electron chi connectivity index (χ1n) is 10.2. The molecule has 0 saturated heterocycles. The molecule has 156 valence electrons. The van der Waals surface area contributed by atoms with E-state index >= 15 is 0 Å². The van der Waals surface area contributed by atoms with Gasteiger partial charge in [0.05, 0.1) is 6.61 Å². The molecule has 2 aromatic heterocycles. The van der Waals surface area contributed by atoms with Crippen molar-refractivity contribution in [2.24, 2.45) is 0 Å². The Kier molecular flexibility index (Phi) is 4.78. The predicted molar refractivity (Wildman–Crippen MR) is 115 cm³/mol. The van der Waals surface area contributed by atoms with Crippen molar-refractivity contribution in [1.82, 2.24) is 15.3 Å². The van der Waals surface area contributed by atoms with E-state index < -0.39 is 11.8 Å². The second-order valence-electron chi connectivity index (χ2n) is 7.51. The van der Waals surface area contributed by atoms with Crippen LogP contribution in [0.25, 0.3) is 17.1 Å². The maximum atomic E-state index is 13.0. The van der Waals surface area contributed by atoms with Crippen LogP contribution in [-0.2, 0) is 19.1 Å². The van der Waals surface area contributed by atoms with Crippen LogP contribution < -0.4 is 5.32 Å². The molecule has 2 aliphatic rings. The first kappa shape index (κ1) is 19.1. The van der Waals surface area contributed by atoms with E-state index in [1.807, 2.05) is 30.3 Å². The highest BCUT2D eigenvalue weighted by molar-refractivity contribution is 6.26. The number of hydrogen-bond acceptors (Lipinski definition) is 6. The number of Topliss-reactive ketones (excluding diaryl/α,β-unsaturated/α-hetero) is 1. The third-order valence-electron chi connectivity index (χ3n) is 5.47. The fourth-order valence-electron chi connectivity index (χ4n) is 3.85. The lowest BCUT2D eigenvalue weighted by atomic mass is 10.1. The van der Waals surface area contributed by atoms with Gasteiger partial charge in [0.2, 0.25) is 11.7 Å². The van der Waals surface area contributed by atoms with E-state index in [1.165, 1.54) is 5.56 Å². The molecule has 3 heterocycles. The lowest BCUT2D eigenvalue weighted by Gasteiger charge is -2.08. The van der Waals surface area contributed by atoms with Crippen molar-refractivity contribution in [2.45, 2.75) is 25.3 Å². The van der Waals surface area contributed by atoms with E-state index in [9.17, 15) is 9.59 Å². The number of fused-ring (bicyclic) bond motifs is 1. The van der Waals surface area contributed by atoms with Crippen molar-refractivity contribution >= 4 is 28.9 Å². The smallest absolute Gasteiger partial charge is 0.347 e. The first-order chi connectivity index (χ1) is 15.2. The fourth-order valence-corrected chi connectivity index (χ4v) is 3.85. The maximum Gasteiger partial charge on any atom is 0.347 e. The van der Waals surface area contributed by atoms with Crippen LogP contribution in [0.2, 0.25) is 0 Å². The lowest BCUT2D eigenvalue weighted by Crippen LogP contribution is -2.22. The molecule has 3 aromatic rings. The van der Waals surface area contributed by atoms with Gasteiger partial charge in [0, 0.05) is 35.3 Å². The molecule has 0 radical (unpaired) electrons. The highest BCUT2D eigenvalue weighted by Gasteiger charge is 2.43. The van der Waals surface area contributed by atoms with Gasteiger partial charge in [-0.1, -0.05) is 30.3 Å². The number of H-pyrrole nitrogens is 1. The van der Waals surface area contributed by atoms with Crippen LogP contribution in [0.1, 0.15) is 30.4 Å². The zero-order valence-corrected chi connectivity index (χ0v) is 16.9. The van der Waals surface area contributed by atoms with Gasteiger partial charge in [-0.25, -0.2) is 9.78 Å². The number of nitrogens with one attached hydrogen (secondary N) is 2. The number of nitrogens with zero attached hydrogens (tertiary/aromatic N) is 1. The number of ether oxygens (including phenoxy) is 2. The van der Waals surface area contributed by atoms with Gasteiger partial charge in [-0.15, -0.1) is 0 Å². The number of aromatic nitrogens is 2. The summed E-state index contributed by atoms with van der Waals surface area (Å²) in [5.41, 5.74) is 2.58. The summed E-state index contributed by atoms with van der Waals surface area (Å²) in [7, 11) is 0. The van der Waals surface area contributed by atoms with Crippen LogP contribution in [0.5, 0.6) is 0 Å². The van der Waals surface area contributed by atoms with Crippen LogP contribution in [0.4, 0.5) is 0 Å². The van der Waals surface area contributed by atoms with Gasteiger partial charge in [-0.05, 0) is 37.1 Å². The van der Waals surface area contributed by atoms with Crippen LogP contribution in [-0.4, -0.2) is 34.4 Å². The van der Waals surface area contributed by atoms with E-state index in [0.717, 1.165) is 17.4 Å². The Morgan fingerprint density at radius 2 is 2.13 bits per heavy atom. The molecule has 1 saturated carbocycles. The summed E-state index contributed by atoms with van der Waals surface area (Å²) in [6.07, 6.45) is 5.96. The van der Waals surface area contributed by atoms with Gasteiger partial charge in [0.25, 0.3) is 0 Å². The minimum Gasteiger partial charge on any atom is -0.462 e. The van der Waals surface area contributed by atoms with E-state index in [4.69, 9.17) is 9.47 Å². The number of hydrogen-bond donors (Lipinski definition) is 2. The maximum absolute atomic E-state index is 13.0. The summed E-state index contributed by atoms with van der Waals surface area (Å²) in [5, 5.41) is 4.10. The van der Waals surface area contributed by atoms with Crippen LogP contribution in [0.3, 0.4) is 0 Å². The van der Waals surface area contributed by atoms with Crippen molar-refractivity contribution in [1.29, 1.82) is 0 Å². The molecule has 5 rings (SSSR count). The second-order valence-corrected chi connectivity index (χ2v) is 7.51. The zero-order valence-electron chi connectivity index (χ0n) is 16.9. The lowest BCUT2D eigenvalue weighted by molar-refractivity contribution is -0.139. The summed E-state index contributed by atoms with van der Waals surface area (Å²) in [4.78, 5) is 32.9. The molecule has 0 bridgehead atoms. The zero-order chi connectivity index (χ0) is 21.4. The Balaban J connectivity index is 1.42. The van der Waals surface area contributed by atoms with Gasteiger partial charge < -0.3 is 19.8 Å². The summed E-state index contributed by atoms with van der Waals surface area (Å²) < 4.78 is 11.0. The molecule has 31 heavy (non-hydrogen) atoms. The summed E-state index contributed by atoms with van der Waals surface area (Å²) in [5.74, 6) is -0.626. The van der Waals surface area contributed by atoms with Gasteiger partial charge in [-0.2, -0.15) is 0 Å². The van der Waals surface area contributed by atoms with Crippen LogP contribution in [0, 0.1) is 0 Å². The molecule has 7 heteroatoms. The van der Waals surface area contributed by atoms with Crippen molar-refractivity contribution in [2.75, 3.05) is 6.61 Å². The van der Waals surface area contributed by atoms with Crippen molar-refractivity contribution in [3.8, 4) is 0 Å². The Hall–Kier alpha value is -3.87. The highest BCUT2D eigenvalue weighted by Crippen LogP contribution is 2.42. The molecule has 1 aromatic carbocycles. The molecule has 0 spiro atoms. The van der Waals surface area contributed by atoms with Crippen molar-refractivity contribution < 1.29 is 19.1 Å². The number of allylic oxidation sites excluding steroid dienone is 1. The number of pyridine rings is 1. The number of carbonyl (C=O) groups excluding carboxylic acids is 2. The third-order valence-corrected chi connectivity index (χ3v) is 5.47. The summed E-state index contributed by atoms with van der Waals surface area (Å²) in [6.45, 7) is 1.87. The SMILES string of the molecule is CCOC(=O)C1=C(N[C@@H]2C[C@H]2c2ccccc2)OC(=Cc2c[nH]c3ncccc23)C1=O. The minimum absolute atomic E-state index is 0.0761. The van der Waals surface area contributed by atoms with E-state index in [2.05, 4.69) is 27.4 Å². The monoisotopic (exact) mass is 415 g/mol. The standard InChI is InChI=1S/C24H21N3O4/c1-2-30-24(29)20-21(28)19(11-15-13-26-22-16(15)9-6-10-25-22)31-23(20)27-18-12-17(18)14-7-4-3-5-8-14/h3-11,13,17-18,27H,2,12H2,1H3,(H,25,26)/t17-,18+/m0/s1. The van der Waals surface area contributed by atoms with E-state index in [1.54, 1.807) is 25.4 Å². The predicted octanol–water partition coefficient (Wildman–Crippen LogP) is 3.42. The Bertz CT molecular complexity index is 1230. The van der Waals surface area contributed by atoms with E-state index in [0.29, 0.717) is 11.6 Å². The molecular weight excluding hydrogens is 394 g/mol. The molecular formula is C24H21N3O4. The molecule has 2 N–H and O–H groups in total. The number of ketones is 1. The van der Waals surface area contributed by atoms with E-state index in [-0.39, 0.29) is 29.9 Å². The molecule has 2 atom stereocenters.